The van der Waals surface area contributed by atoms with Crippen LogP contribution in [0.1, 0.15) is 44.2 Å². The van der Waals surface area contributed by atoms with Gasteiger partial charge in [0.15, 0.2) is 11.5 Å². The lowest BCUT2D eigenvalue weighted by Gasteiger charge is -2.39. The molecule has 0 unspecified atom stereocenters. The van der Waals surface area contributed by atoms with E-state index in [0.29, 0.717) is 29.6 Å². The largest absolute Gasteiger partial charge is 0.493 e. The van der Waals surface area contributed by atoms with Crippen LogP contribution in [0.5, 0.6) is 17.2 Å². The van der Waals surface area contributed by atoms with E-state index in [1.54, 1.807) is 21.3 Å². The van der Waals surface area contributed by atoms with Crippen molar-refractivity contribution in [2.75, 3.05) is 39.3 Å². The number of nitrogens with zero attached hydrogens (tertiary/aromatic N) is 2. The average Bonchev–Trinajstić information content (AvgIpc) is 2.80. The third kappa shape index (κ3) is 5.99. The van der Waals surface area contributed by atoms with Crippen LogP contribution in [0.25, 0.3) is 0 Å². The number of carbonyl (C=O) groups is 1. The summed E-state index contributed by atoms with van der Waals surface area (Å²) in [6, 6.07) is 12.5. The molecule has 180 valence electrons. The summed E-state index contributed by atoms with van der Waals surface area (Å²) in [5, 5.41) is 0. The van der Waals surface area contributed by atoms with Gasteiger partial charge in [0.1, 0.15) is 0 Å². The first-order valence-electron chi connectivity index (χ1n) is 11.8. The van der Waals surface area contributed by atoms with Gasteiger partial charge in [0.05, 0.1) is 21.3 Å². The third-order valence-corrected chi connectivity index (χ3v) is 6.27. The van der Waals surface area contributed by atoms with Crippen LogP contribution >= 0.6 is 0 Å². The average molecular weight is 455 g/mol. The van der Waals surface area contributed by atoms with Crippen molar-refractivity contribution in [2.24, 2.45) is 5.92 Å². The molecule has 0 atom stereocenters. The van der Waals surface area contributed by atoms with Gasteiger partial charge in [-0.3, -0.25) is 9.69 Å². The number of benzene rings is 2. The minimum Gasteiger partial charge on any atom is -0.493 e. The summed E-state index contributed by atoms with van der Waals surface area (Å²) in [6.07, 6.45) is 2.44. The number of methoxy groups -OCH3 is 3. The van der Waals surface area contributed by atoms with Crippen molar-refractivity contribution < 1.29 is 19.0 Å². The van der Waals surface area contributed by atoms with Gasteiger partial charge in [-0.25, -0.2) is 0 Å². The van der Waals surface area contributed by atoms with Gasteiger partial charge >= 0.3 is 0 Å². The van der Waals surface area contributed by atoms with E-state index in [2.05, 4.69) is 49.9 Å². The van der Waals surface area contributed by atoms with E-state index in [1.807, 2.05) is 17.0 Å². The van der Waals surface area contributed by atoms with E-state index in [4.69, 9.17) is 14.2 Å². The maximum Gasteiger partial charge on any atom is 0.227 e. The number of hydrogen-bond donors (Lipinski definition) is 0. The maximum atomic E-state index is 13.2. The van der Waals surface area contributed by atoms with E-state index in [9.17, 15) is 4.79 Å². The summed E-state index contributed by atoms with van der Waals surface area (Å²) in [5.41, 5.74) is 3.28. The molecule has 0 saturated carbocycles. The van der Waals surface area contributed by atoms with Gasteiger partial charge in [-0.15, -0.1) is 0 Å². The predicted octanol–water partition coefficient (Wildman–Crippen LogP) is 5.06. The summed E-state index contributed by atoms with van der Waals surface area (Å²) >= 11 is 0. The van der Waals surface area contributed by atoms with Gasteiger partial charge in [0, 0.05) is 43.3 Å². The minimum absolute atomic E-state index is 0.211. The van der Waals surface area contributed by atoms with Crippen LogP contribution in [0.15, 0.2) is 36.4 Å². The van der Waals surface area contributed by atoms with Crippen LogP contribution in [0.2, 0.25) is 0 Å². The molecule has 0 spiro atoms. The lowest BCUT2D eigenvalue weighted by atomic mass is 9.99. The molecule has 33 heavy (non-hydrogen) atoms. The third-order valence-electron chi connectivity index (χ3n) is 6.27. The number of likely N-dealkylation sites (tertiary alicyclic amines) is 1. The Balaban J connectivity index is 1.73. The summed E-state index contributed by atoms with van der Waals surface area (Å²) in [7, 11) is 4.92. The number of carbonyl (C=O) groups excluding carboxylic acids is 1. The number of piperidine rings is 1. The molecule has 2 aromatic rings. The predicted molar refractivity (Wildman–Crippen MR) is 133 cm³/mol. The molecule has 2 aromatic carbocycles. The second-order valence-corrected chi connectivity index (χ2v) is 9.20. The number of rotatable bonds is 9. The SMILES string of the molecule is COc1ccc(CN2CCC(N(C(=O)CC(C)C)c3ccc(C)cc3)CC2)c(OC)c1OC. The number of amides is 1. The molecule has 1 aliphatic heterocycles. The highest BCUT2D eigenvalue weighted by molar-refractivity contribution is 5.94. The Hall–Kier alpha value is -2.73. The molecular formula is C27H38N2O4. The number of anilines is 1. The van der Waals surface area contributed by atoms with E-state index in [-0.39, 0.29) is 11.9 Å². The van der Waals surface area contributed by atoms with Crippen LogP contribution in [-0.4, -0.2) is 51.3 Å². The molecule has 1 saturated heterocycles. The fraction of sp³-hybridized carbons (Fsp3) is 0.519. The van der Waals surface area contributed by atoms with Crippen molar-refractivity contribution in [3.63, 3.8) is 0 Å². The van der Waals surface area contributed by atoms with Gasteiger partial charge in [0.25, 0.3) is 0 Å². The van der Waals surface area contributed by atoms with Crippen LogP contribution < -0.4 is 19.1 Å². The first-order chi connectivity index (χ1) is 15.9. The molecule has 0 bridgehead atoms. The highest BCUT2D eigenvalue weighted by Gasteiger charge is 2.30. The molecule has 0 aromatic heterocycles. The van der Waals surface area contributed by atoms with E-state index < -0.39 is 0 Å². The highest BCUT2D eigenvalue weighted by Crippen LogP contribution is 2.40. The Kier molecular flexibility index (Phi) is 8.61. The zero-order valence-electron chi connectivity index (χ0n) is 20.9. The molecule has 1 heterocycles. The molecule has 0 aliphatic carbocycles. The fourth-order valence-electron chi connectivity index (χ4n) is 4.58. The topological polar surface area (TPSA) is 51.2 Å². The zero-order chi connectivity index (χ0) is 24.0. The van der Waals surface area contributed by atoms with Gasteiger partial charge in [-0.05, 0) is 43.9 Å². The van der Waals surface area contributed by atoms with Gasteiger partial charge < -0.3 is 19.1 Å². The lowest BCUT2D eigenvalue weighted by molar-refractivity contribution is -0.120. The highest BCUT2D eigenvalue weighted by atomic mass is 16.5. The molecule has 0 N–H and O–H groups in total. The smallest absolute Gasteiger partial charge is 0.227 e. The molecule has 3 rings (SSSR count). The molecule has 0 radical (unpaired) electrons. The van der Waals surface area contributed by atoms with Crippen molar-refractivity contribution in [1.29, 1.82) is 0 Å². The summed E-state index contributed by atoms with van der Waals surface area (Å²) in [6.45, 7) is 8.87. The molecule has 1 fully saturated rings. The van der Waals surface area contributed by atoms with E-state index in [1.165, 1.54) is 5.56 Å². The Labute approximate surface area is 198 Å². The molecule has 6 nitrogen and oxygen atoms in total. The van der Waals surface area contributed by atoms with Crippen LogP contribution in [-0.2, 0) is 11.3 Å². The normalized spacial score (nSPS) is 14.9. The van der Waals surface area contributed by atoms with Crippen molar-refractivity contribution in [3.8, 4) is 17.2 Å². The van der Waals surface area contributed by atoms with Gasteiger partial charge in [0.2, 0.25) is 11.7 Å². The molecule has 1 aliphatic rings. The van der Waals surface area contributed by atoms with Crippen molar-refractivity contribution in [3.05, 3.63) is 47.5 Å². The van der Waals surface area contributed by atoms with E-state index >= 15 is 0 Å². The summed E-state index contributed by atoms with van der Waals surface area (Å²) in [4.78, 5) is 17.7. The van der Waals surface area contributed by atoms with Crippen LogP contribution in [0, 0.1) is 12.8 Å². The standard InChI is InChI=1S/C27H38N2O4/c1-19(2)17-25(30)29(22-10-7-20(3)8-11-22)23-13-15-28(16-14-23)18-21-9-12-24(31-4)27(33-6)26(21)32-5/h7-12,19,23H,13-18H2,1-6H3. The second-order valence-electron chi connectivity index (χ2n) is 9.20. The Morgan fingerprint density at radius 3 is 2.15 bits per heavy atom. The Morgan fingerprint density at radius 2 is 1.61 bits per heavy atom. The first-order valence-corrected chi connectivity index (χ1v) is 11.8. The number of ether oxygens (including phenoxy) is 3. The minimum atomic E-state index is 0.211. The molecular weight excluding hydrogens is 416 g/mol. The molecule has 6 heteroatoms. The van der Waals surface area contributed by atoms with Crippen LogP contribution in [0.3, 0.4) is 0 Å². The van der Waals surface area contributed by atoms with E-state index in [0.717, 1.165) is 43.7 Å². The van der Waals surface area contributed by atoms with Gasteiger partial charge in [-0.2, -0.15) is 0 Å². The van der Waals surface area contributed by atoms with Crippen molar-refractivity contribution >= 4 is 11.6 Å². The first kappa shape index (κ1) is 24.9. The Morgan fingerprint density at radius 1 is 0.970 bits per heavy atom. The lowest BCUT2D eigenvalue weighted by Crippen LogP contribution is -2.47. The summed E-state index contributed by atoms with van der Waals surface area (Å²) < 4.78 is 16.6. The van der Waals surface area contributed by atoms with Gasteiger partial charge in [-0.1, -0.05) is 37.6 Å². The van der Waals surface area contributed by atoms with Crippen LogP contribution in [0.4, 0.5) is 5.69 Å². The zero-order valence-corrected chi connectivity index (χ0v) is 20.9. The monoisotopic (exact) mass is 454 g/mol. The Bertz CT molecular complexity index is 918. The van der Waals surface area contributed by atoms with Crippen molar-refractivity contribution in [1.82, 2.24) is 4.90 Å². The quantitative estimate of drug-likeness (QED) is 0.530. The maximum absolute atomic E-state index is 13.2. The number of hydrogen-bond acceptors (Lipinski definition) is 5. The summed E-state index contributed by atoms with van der Waals surface area (Å²) in [5.74, 6) is 2.55. The number of aryl methyl sites for hydroxylation is 1. The second kappa shape index (κ2) is 11.4. The molecule has 1 amide bonds. The van der Waals surface area contributed by atoms with Crippen molar-refractivity contribution in [2.45, 2.75) is 52.6 Å². The fourth-order valence-corrected chi connectivity index (χ4v) is 4.58.